The summed E-state index contributed by atoms with van der Waals surface area (Å²) in [4.78, 5) is 2.44. The maximum Gasteiger partial charge on any atom is 0.145 e. The van der Waals surface area contributed by atoms with Crippen LogP contribution in [0.5, 0.6) is 0 Å². The molecule has 0 radical (unpaired) electrons. The Morgan fingerprint density at radius 3 is 1.75 bits per heavy atom. The molecule has 0 atom stereocenters. The molecule has 0 N–H and O–H groups in total. The van der Waals surface area contributed by atoms with Crippen molar-refractivity contribution in [2.45, 2.75) is 0 Å². The van der Waals surface area contributed by atoms with Gasteiger partial charge in [-0.1, -0.05) is 194 Å². The van der Waals surface area contributed by atoms with Gasteiger partial charge in [0.15, 0.2) is 0 Å². The highest BCUT2D eigenvalue weighted by molar-refractivity contribution is 7.26. The molecule has 13 aromatic rings. The van der Waals surface area contributed by atoms with Crippen LogP contribution in [0.1, 0.15) is 0 Å². The summed E-state index contributed by atoms with van der Waals surface area (Å²) in [6, 6.07) is 85.7. The lowest BCUT2D eigenvalue weighted by atomic mass is 9.96. The molecule has 0 saturated carbocycles. The van der Waals surface area contributed by atoms with Crippen molar-refractivity contribution in [2.24, 2.45) is 0 Å². The van der Waals surface area contributed by atoms with Gasteiger partial charge in [-0.2, -0.15) is 0 Å². The highest BCUT2D eigenvalue weighted by atomic mass is 32.1. The summed E-state index contributed by atoms with van der Waals surface area (Å²) < 4.78 is 9.53. The fourth-order valence-electron chi connectivity index (χ4n) is 10.0. The van der Waals surface area contributed by atoms with E-state index in [1.165, 1.54) is 75.1 Å². The molecule has 2 heterocycles. The minimum atomic E-state index is 0.864. The van der Waals surface area contributed by atoms with Gasteiger partial charge in [-0.3, -0.25) is 0 Å². The van der Waals surface area contributed by atoms with Gasteiger partial charge in [0, 0.05) is 42.2 Å². The highest BCUT2D eigenvalue weighted by Gasteiger charge is 2.24. The number of hydrogen-bond donors (Lipinski definition) is 0. The molecule has 0 amide bonds. The van der Waals surface area contributed by atoms with E-state index < -0.39 is 0 Å². The number of thiophene rings is 1. The lowest BCUT2D eigenvalue weighted by Gasteiger charge is -2.28. The van der Waals surface area contributed by atoms with E-state index >= 15 is 0 Å². The maximum absolute atomic E-state index is 6.92. The lowest BCUT2D eigenvalue weighted by molar-refractivity contribution is 0.670. The largest absolute Gasteiger partial charge is 0.455 e. The Kier molecular flexibility index (Phi) is 8.75. The Bertz CT molecular complexity index is 3920. The zero-order valence-electron chi connectivity index (χ0n) is 35.3. The predicted molar refractivity (Wildman–Crippen MR) is 278 cm³/mol. The van der Waals surface area contributed by atoms with Gasteiger partial charge < -0.3 is 9.32 Å². The van der Waals surface area contributed by atoms with Crippen LogP contribution in [0.4, 0.5) is 17.1 Å². The summed E-state index contributed by atoms with van der Waals surface area (Å²) in [5.74, 6) is 0. The molecule has 0 spiro atoms. The summed E-state index contributed by atoms with van der Waals surface area (Å²) in [5, 5.41) is 9.62. The fraction of sp³-hybridized carbons (Fsp3) is 0. The number of furan rings is 1. The molecular formula is C62H39NOS. The van der Waals surface area contributed by atoms with E-state index in [9.17, 15) is 0 Å². The molecular weight excluding hydrogens is 807 g/mol. The van der Waals surface area contributed by atoms with E-state index in [1.54, 1.807) is 0 Å². The second kappa shape index (κ2) is 15.2. The Morgan fingerprint density at radius 1 is 0.323 bits per heavy atom. The van der Waals surface area contributed by atoms with Crippen LogP contribution in [0.15, 0.2) is 241 Å². The van der Waals surface area contributed by atoms with Gasteiger partial charge in [0.05, 0.1) is 16.8 Å². The third-order valence-corrected chi connectivity index (χ3v) is 14.3. The first-order valence-electron chi connectivity index (χ1n) is 22.2. The second-order valence-corrected chi connectivity index (χ2v) is 17.8. The van der Waals surface area contributed by atoms with Gasteiger partial charge in [-0.25, -0.2) is 0 Å². The predicted octanol–water partition coefficient (Wildman–Crippen LogP) is 18.4. The molecule has 2 aromatic heterocycles. The van der Waals surface area contributed by atoms with Crippen molar-refractivity contribution in [3.8, 4) is 44.5 Å². The number of rotatable bonds is 7. The van der Waals surface area contributed by atoms with E-state index in [0.717, 1.165) is 50.1 Å². The van der Waals surface area contributed by atoms with Crippen molar-refractivity contribution >= 4 is 92.1 Å². The SMILES string of the molecule is c1ccc(-c2ccc(-c3ccc(N(c4ccc(-c5cccc6sc7c(-c8ccccc8)cccc7c56)cc4)c4cccc5c4ccc4ccccc45)c4c3oc3ccccc34)cc2)cc1. The van der Waals surface area contributed by atoms with E-state index in [1.807, 2.05) is 11.3 Å². The second-order valence-electron chi connectivity index (χ2n) is 16.7. The van der Waals surface area contributed by atoms with Crippen molar-refractivity contribution in [2.75, 3.05) is 4.90 Å². The number of fused-ring (bicyclic) bond motifs is 9. The van der Waals surface area contributed by atoms with Crippen LogP contribution < -0.4 is 4.90 Å². The van der Waals surface area contributed by atoms with Crippen LogP contribution in [0.25, 0.3) is 108 Å². The summed E-state index contributed by atoms with van der Waals surface area (Å²) in [5.41, 5.74) is 14.4. The highest BCUT2D eigenvalue weighted by Crippen LogP contribution is 2.49. The minimum Gasteiger partial charge on any atom is -0.455 e. The summed E-state index contributed by atoms with van der Waals surface area (Å²) in [7, 11) is 0. The molecule has 0 saturated heterocycles. The molecule has 0 aliphatic rings. The first kappa shape index (κ1) is 37.3. The zero-order chi connectivity index (χ0) is 42.8. The molecule has 2 nitrogen and oxygen atoms in total. The normalized spacial score (nSPS) is 11.7. The van der Waals surface area contributed by atoms with Gasteiger partial charge in [0.1, 0.15) is 11.2 Å². The molecule has 0 aliphatic carbocycles. The average Bonchev–Trinajstić information content (AvgIpc) is 3.97. The average molecular weight is 846 g/mol. The van der Waals surface area contributed by atoms with Crippen LogP contribution in [0, 0.1) is 0 Å². The van der Waals surface area contributed by atoms with Crippen LogP contribution in [0.2, 0.25) is 0 Å². The van der Waals surface area contributed by atoms with Crippen LogP contribution >= 0.6 is 11.3 Å². The summed E-state index contributed by atoms with van der Waals surface area (Å²) in [6.45, 7) is 0. The third kappa shape index (κ3) is 6.16. The first-order chi connectivity index (χ1) is 32.2. The quantitative estimate of drug-likeness (QED) is 0.149. The Morgan fingerprint density at radius 2 is 0.923 bits per heavy atom. The van der Waals surface area contributed by atoms with Crippen LogP contribution in [-0.2, 0) is 0 Å². The molecule has 0 unspecified atom stereocenters. The third-order valence-electron chi connectivity index (χ3n) is 13.1. The van der Waals surface area contributed by atoms with Crippen molar-refractivity contribution in [1.29, 1.82) is 0 Å². The number of anilines is 3. The molecule has 0 fully saturated rings. The lowest BCUT2D eigenvalue weighted by Crippen LogP contribution is -2.11. The molecule has 3 heteroatoms. The van der Waals surface area contributed by atoms with E-state index in [0.29, 0.717) is 0 Å². The smallest absolute Gasteiger partial charge is 0.145 e. The van der Waals surface area contributed by atoms with Crippen LogP contribution in [0.3, 0.4) is 0 Å². The number of hydrogen-bond acceptors (Lipinski definition) is 3. The van der Waals surface area contributed by atoms with Gasteiger partial charge in [0.2, 0.25) is 0 Å². The zero-order valence-corrected chi connectivity index (χ0v) is 36.1. The van der Waals surface area contributed by atoms with Gasteiger partial charge in [-0.15, -0.1) is 11.3 Å². The Hall–Kier alpha value is -8.24. The summed E-state index contributed by atoms with van der Waals surface area (Å²) >= 11 is 1.88. The molecule has 0 aliphatic heterocycles. The van der Waals surface area contributed by atoms with E-state index in [4.69, 9.17) is 4.42 Å². The molecule has 13 rings (SSSR count). The minimum absolute atomic E-state index is 0.864. The van der Waals surface area contributed by atoms with E-state index in [-0.39, 0.29) is 0 Å². The molecule has 65 heavy (non-hydrogen) atoms. The number of benzene rings is 11. The number of nitrogens with zero attached hydrogens (tertiary/aromatic N) is 1. The maximum atomic E-state index is 6.92. The fourth-order valence-corrected chi connectivity index (χ4v) is 11.3. The van der Waals surface area contributed by atoms with Crippen molar-refractivity contribution in [1.82, 2.24) is 0 Å². The molecule has 11 aromatic carbocycles. The molecule has 304 valence electrons. The van der Waals surface area contributed by atoms with Crippen molar-refractivity contribution in [3.05, 3.63) is 237 Å². The summed E-state index contributed by atoms with van der Waals surface area (Å²) in [6.07, 6.45) is 0. The Labute approximate surface area is 380 Å². The van der Waals surface area contributed by atoms with Crippen LogP contribution in [-0.4, -0.2) is 0 Å². The van der Waals surface area contributed by atoms with Crippen molar-refractivity contribution < 1.29 is 4.42 Å². The van der Waals surface area contributed by atoms with Gasteiger partial charge in [-0.05, 0) is 97.6 Å². The van der Waals surface area contributed by atoms with Gasteiger partial charge in [0.25, 0.3) is 0 Å². The van der Waals surface area contributed by atoms with E-state index in [2.05, 4.69) is 241 Å². The molecule has 0 bridgehead atoms. The topological polar surface area (TPSA) is 16.4 Å². The monoisotopic (exact) mass is 845 g/mol. The first-order valence-corrected chi connectivity index (χ1v) is 23.0. The number of para-hydroxylation sites is 1. The Balaban J connectivity index is 1.01. The van der Waals surface area contributed by atoms with Crippen molar-refractivity contribution in [3.63, 3.8) is 0 Å². The standard InChI is InChI=1S/C62H39NOS/c1-3-14-40(15-4-1)41-28-30-45(31-29-41)49-38-39-56(60-53-20-9-10-26-57(53)64-61(49)60)63(55-25-12-23-51-47-19-8-7-18-43(47)34-37-52(51)55)46-35-32-44(33-36-46)48-21-13-27-58-59(48)54-24-11-22-50(62(54)65-58)42-16-5-2-6-17-42/h1-39H. The van der Waals surface area contributed by atoms with Gasteiger partial charge >= 0.3 is 0 Å².